The highest BCUT2D eigenvalue weighted by molar-refractivity contribution is 6.33. The van der Waals surface area contributed by atoms with E-state index in [1.165, 1.54) is 30.5 Å². The summed E-state index contributed by atoms with van der Waals surface area (Å²) in [6, 6.07) is 13.1. The molecule has 2 rings (SSSR count). The number of aromatic hydroxyl groups is 1. The Morgan fingerprint density at radius 1 is 1.16 bits per heavy atom. The van der Waals surface area contributed by atoms with Crippen molar-refractivity contribution in [3.05, 3.63) is 64.7 Å². The van der Waals surface area contributed by atoms with E-state index in [4.69, 9.17) is 16.7 Å². The number of nitrogens with one attached hydrogen (secondary N) is 1. The SMILES string of the molecule is O=C(NN=Cc1ccccc1Cl)c1ccc(O)cc1. The summed E-state index contributed by atoms with van der Waals surface area (Å²) in [4.78, 5) is 11.7. The lowest BCUT2D eigenvalue weighted by Crippen LogP contribution is -2.17. The highest BCUT2D eigenvalue weighted by Crippen LogP contribution is 2.12. The fourth-order valence-corrected chi connectivity index (χ4v) is 1.60. The predicted octanol–water partition coefficient (Wildman–Crippen LogP) is 2.81. The second-order valence-electron chi connectivity index (χ2n) is 3.77. The van der Waals surface area contributed by atoms with Crippen LogP contribution < -0.4 is 5.43 Å². The normalized spacial score (nSPS) is 10.6. The Kier molecular flexibility index (Phi) is 4.15. The van der Waals surface area contributed by atoms with Crippen molar-refractivity contribution in [1.29, 1.82) is 0 Å². The first-order chi connectivity index (χ1) is 9.16. The summed E-state index contributed by atoms with van der Waals surface area (Å²) in [5, 5.41) is 13.5. The second-order valence-corrected chi connectivity index (χ2v) is 4.17. The molecule has 2 aromatic carbocycles. The zero-order chi connectivity index (χ0) is 13.7. The van der Waals surface area contributed by atoms with E-state index in [1.807, 2.05) is 12.1 Å². The molecule has 0 atom stereocenters. The molecular weight excluding hydrogens is 264 g/mol. The second kappa shape index (κ2) is 6.02. The van der Waals surface area contributed by atoms with E-state index < -0.39 is 0 Å². The summed E-state index contributed by atoms with van der Waals surface area (Å²) in [6.45, 7) is 0. The number of nitrogens with zero attached hydrogens (tertiary/aromatic N) is 1. The van der Waals surface area contributed by atoms with Crippen LogP contribution in [0.2, 0.25) is 5.02 Å². The molecule has 0 saturated heterocycles. The fraction of sp³-hybridized carbons (Fsp3) is 0. The third-order valence-corrected chi connectivity index (χ3v) is 2.75. The van der Waals surface area contributed by atoms with Crippen molar-refractivity contribution in [2.75, 3.05) is 0 Å². The van der Waals surface area contributed by atoms with Crippen molar-refractivity contribution < 1.29 is 9.90 Å². The number of phenolic OH excluding ortho intramolecular Hbond substituents is 1. The lowest BCUT2D eigenvalue weighted by atomic mass is 10.2. The van der Waals surface area contributed by atoms with Crippen molar-refractivity contribution in [2.45, 2.75) is 0 Å². The molecule has 0 radical (unpaired) electrons. The molecule has 96 valence electrons. The minimum Gasteiger partial charge on any atom is -0.508 e. The monoisotopic (exact) mass is 274 g/mol. The molecule has 0 aliphatic rings. The number of amides is 1. The van der Waals surface area contributed by atoms with Gasteiger partial charge in [0.05, 0.1) is 6.21 Å². The van der Waals surface area contributed by atoms with Gasteiger partial charge in [0.15, 0.2) is 0 Å². The summed E-state index contributed by atoms with van der Waals surface area (Å²) in [6.07, 6.45) is 1.47. The zero-order valence-corrected chi connectivity index (χ0v) is 10.6. The van der Waals surface area contributed by atoms with E-state index in [9.17, 15) is 4.79 Å². The van der Waals surface area contributed by atoms with E-state index in [0.29, 0.717) is 10.6 Å². The van der Waals surface area contributed by atoms with Gasteiger partial charge in [-0.05, 0) is 30.3 Å². The number of hydrogen-bond acceptors (Lipinski definition) is 3. The van der Waals surface area contributed by atoms with Crippen molar-refractivity contribution in [1.82, 2.24) is 5.43 Å². The molecule has 0 unspecified atom stereocenters. The molecule has 2 aromatic rings. The molecule has 0 spiro atoms. The molecular formula is C14H11ClN2O2. The minimum absolute atomic E-state index is 0.108. The first kappa shape index (κ1) is 13.1. The van der Waals surface area contributed by atoms with Gasteiger partial charge in [0.1, 0.15) is 5.75 Å². The van der Waals surface area contributed by atoms with Crippen molar-refractivity contribution in [3.8, 4) is 5.75 Å². The van der Waals surface area contributed by atoms with E-state index in [-0.39, 0.29) is 11.7 Å². The van der Waals surface area contributed by atoms with Crippen LogP contribution in [0.5, 0.6) is 5.75 Å². The molecule has 0 aromatic heterocycles. The molecule has 0 aliphatic carbocycles. The third-order valence-electron chi connectivity index (χ3n) is 2.40. The van der Waals surface area contributed by atoms with Gasteiger partial charge in [-0.2, -0.15) is 5.10 Å². The zero-order valence-electron chi connectivity index (χ0n) is 9.88. The number of benzene rings is 2. The molecule has 19 heavy (non-hydrogen) atoms. The Morgan fingerprint density at radius 3 is 2.53 bits per heavy atom. The lowest BCUT2D eigenvalue weighted by Gasteiger charge is -2.00. The smallest absolute Gasteiger partial charge is 0.271 e. The standard InChI is InChI=1S/C14H11ClN2O2/c15-13-4-2-1-3-11(13)9-16-17-14(19)10-5-7-12(18)8-6-10/h1-9,18H,(H,17,19). The van der Waals surface area contributed by atoms with Crippen LogP contribution in [0.3, 0.4) is 0 Å². The van der Waals surface area contributed by atoms with Gasteiger partial charge in [0.25, 0.3) is 5.91 Å². The van der Waals surface area contributed by atoms with E-state index in [2.05, 4.69) is 10.5 Å². The van der Waals surface area contributed by atoms with Crippen LogP contribution in [0, 0.1) is 0 Å². The van der Waals surface area contributed by atoms with E-state index in [1.54, 1.807) is 12.1 Å². The number of rotatable bonds is 3. The Hall–Kier alpha value is -2.33. The Morgan fingerprint density at radius 2 is 1.84 bits per heavy atom. The summed E-state index contributed by atoms with van der Waals surface area (Å²) < 4.78 is 0. The summed E-state index contributed by atoms with van der Waals surface area (Å²) in [5.41, 5.74) is 3.51. The first-order valence-electron chi connectivity index (χ1n) is 5.54. The molecule has 4 nitrogen and oxygen atoms in total. The van der Waals surface area contributed by atoms with Gasteiger partial charge >= 0.3 is 0 Å². The van der Waals surface area contributed by atoms with Crippen LogP contribution in [0.25, 0.3) is 0 Å². The van der Waals surface area contributed by atoms with Crippen molar-refractivity contribution in [3.63, 3.8) is 0 Å². The Bertz CT molecular complexity index is 609. The molecule has 0 heterocycles. The maximum Gasteiger partial charge on any atom is 0.271 e. The topological polar surface area (TPSA) is 61.7 Å². The number of halogens is 1. The molecule has 2 N–H and O–H groups in total. The van der Waals surface area contributed by atoms with Gasteiger partial charge in [-0.1, -0.05) is 29.8 Å². The van der Waals surface area contributed by atoms with Crippen LogP contribution in [-0.2, 0) is 0 Å². The molecule has 0 bridgehead atoms. The number of carbonyl (C=O) groups is 1. The number of hydrogen-bond donors (Lipinski definition) is 2. The maximum atomic E-state index is 11.7. The summed E-state index contributed by atoms with van der Waals surface area (Å²) in [5.74, 6) is -0.251. The van der Waals surface area contributed by atoms with Crippen LogP contribution in [0.4, 0.5) is 0 Å². The van der Waals surface area contributed by atoms with Gasteiger partial charge in [-0.3, -0.25) is 4.79 Å². The quantitative estimate of drug-likeness (QED) is 0.668. The largest absolute Gasteiger partial charge is 0.508 e. The van der Waals surface area contributed by atoms with Crippen LogP contribution in [0.1, 0.15) is 15.9 Å². The molecule has 1 amide bonds. The predicted molar refractivity (Wildman–Crippen MR) is 74.6 cm³/mol. The van der Waals surface area contributed by atoms with Gasteiger partial charge in [0.2, 0.25) is 0 Å². The van der Waals surface area contributed by atoms with E-state index in [0.717, 1.165) is 5.56 Å². The highest BCUT2D eigenvalue weighted by atomic mass is 35.5. The number of carbonyl (C=O) groups excluding carboxylic acids is 1. The molecule has 0 fully saturated rings. The maximum absolute atomic E-state index is 11.7. The van der Waals surface area contributed by atoms with E-state index >= 15 is 0 Å². The van der Waals surface area contributed by atoms with Gasteiger partial charge < -0.3 is 5.11 Å². The molecule has 0 aliphatic heterocycles. The van der Waals surface area contributed by atoms with Gasteiger partial charge in [0, 0.05) is 16.1 Å². The fourth-order valence-electron chi connectivity index (χ4n) is 1.42. The summed E-state index contributed by atoms with van der Waals surface area (Å²) >= 11 is 5.94. The summed E-state index contributed by atoms with van der Waals surface area (Å²) in [7, 11) is 0. The first-order valence-corrected chi connectivity index (χ1v) is 5.91. The Labute approximate surface area is 115 Å². The number of hydrazone groups is 1. The van der Waals surface area contributed by atoms with Crippen molar-refractivity contribution in [2.24, 2.45) is 5.10 Å². The molecule has 0 saturated carbocycles. The van der Waals surface area contributed by atoms with Gasteiger partial charge in [-0.25, -0.2) is 5.43 Å². The minimum atomic E-state index is -0.358. The van der Waals surface area contributed by atoms with Crippen molar-refractivity contribution >= 4 is 23.7 Å². The lowest BCUT2D eigenvalue weighted by molar-refractivity contribution is 0.0955. The van der Waals surface area contributed by atoms with Crippen LogP contribution >= 0.6 is 11.6 Å². The van der Waals surface area contributed by atoms with Crippen LogP contribution in [-0.4, -0.2) is 17.2 Å². The third kappa shape index (κ3) is 3.56. The molecule has 5 heteroatoms. The average molecular weight is 275 g/mol. The highest BCUT2D eigenvalue weighted by Gasteiger charge is 2.03. The van der Waals surface area contributed by atoms with Crippen LogP contribution in [0.15, 0.2) is 53.6 Å². The average Bonchev–Trinajstić information content (AvgIpc) is 2.41. The van der Waals surface area contributed by atoms with Gasteiger partial charge in [-0.15, -0.1) is 0 Å². The number of phenols is 1. The Balaban J connectivity index is 2.01.